The van der Waals surface area contributed by atoms with Crippen LogP contribution in [0, 0.1) is 41.0 Å². The number of nitrogens with zero attached hydrogens (tertiary/aromatic N) is 4. The molecule has 0 saturated heterocycles. The molecule has 3 rings (SSSR count). The highest BCUT2D eigenvalue weighted by Crippen LogP contribution is 2.26. The van der Waals surface area contributed by atoms with Crippen LogP contribution in [0.2, 0.25) is 0 Å². The number of amides is 1. The Labute approximate surface area is 183 Å². The van der Waals surface area contributed by atoms with Gasteiger partial charge in [-0.1, -0.05) is 18.2 Å². The molecular weight excluding hydrogens is 414 g/mol. The van der Waals surface area contributed by atoms with Gasteiger partial charge in [-0.25, -0.2) is 5.43 Å². The molecular formula is C22H21N5O5. The van der Waals surface area contributed by atoms with Crippen LogP contribution in [-0.2, 0) is 11.2 Å². The quantitative estimate of drug-likeness (QED) is 0.341. The van der Waals surface area contributed by atoms with E-state index in [9.17, 15) is 25.0 Å². The summed E-state index contributed by atoms with van der Waals surface area (Å²) < 4.78 is 1.91. The van der Waals surface area contributed by atoms with Gasteiger partial charge in [-0.15, -0.1) is 0 Å². The minimum atomic E-state index is -0.500. The first-order valence-corrected chi connectivity index (χ1v) is 9.67. The number of non-ortho nitro benzene ring substituents is 2. The molecule has 3 aromatic rings. The minimum absolute atomic E-state index is 0.00632. The topological polar surface area (TPSA) is 133 Å². The molecule has 32 heavy (non-hydrogen) atoms. The lowest BCUT2D eigenvalue weighted by Gasteiger charge is -2.12. The summed E-state index contributed by atoms with van der Waals surface area (Å²) in [6, 6.07) is 12.3. The predicted molar refractivity (Wildman–Crippen MR) is 119 cm³/mol. The maximum absolute atomic E-state index is 12.1. The zero-order valence-electron chi connectivity index (χ0n) is 17.7. The lowest BCUT2D eigenvalue weighted by Crippen LogP contribution is -2.19. The van der Waals surface area contributed by atoms with Gasteiger partial charge >= 0.3 is 0 Å². The summed E-state index contributed by atoms with van der Waals surface area (Å²) in [4.78, 5) is 33.0. The van der Waals surface area contributed by atoms with Crippen LogP contribution in [0.3, 0.4) is 0 Å². The van der Waals surface area contributed by atoms with Gasteiger partial charge in [0.25, 0.3) is 11.4 Å². The van der Waals surface area contributed by atoms with Crippen LogP contribution in [0.1, 0.15) is 28.1 Å². The molecule has 2 aromatic carbocycles. The van der Waals surface area contributed by atoms with Gasteiger partial charge in [0.15, 0.2) is 0 Å². The molecule has 0 fully saturated rings. The van der Waals surface area contributed by atoms with E-state index >= 15 is 0 Å². The maximum Gasteiger partial charge on any atom is 0.271 e. The number of benzene rings is 2. The molecule has 10 nitrogen and oxygen atoms in total. The number of nitrogens with one attached hydrogen (secondary N) is 1. The predicted octanol–water partition coefficient (Wildman–Crippen LogP) is 3.91. The van der Waals surface area contributed by atoms with Crippen molar-refractivity contribution in [2.45, 2.75) is 27.2 Å². The fourth-order valence-electron chi connectivity index (χ4n) is 3.38. The molecule has 1 N–H and O–H groups in total. The van der Waals surface area contributed by atoms with Crippen molar-refractivity contribution in [3.63, 3.8) is 0 Å². The summed E-state index contributed by atoms with van der Waals surface area (Å²) in [6.07, 6.45) is 1.54. The molecule has 1 heterocycles. The second-order valence-corrected chi connectivity index (χ2v) is 7.28. The van der Waals surface area contributed by atoms with Crippen LogP contribution in [0.4, 0.5) is 11.4 Å². The summed E-state index contributed by atoms with van der Waals surface area (Å²) in [7, 11) is 0. The summed E-state index contributed by atoms with van der Waals surface area (Å²) in [5.74, 6) is -0.363. The van der Waals surface area contributed by atoms with Crippen LogP contribution in [0.25, 0.3) is 5.69 Å². The molecule has 0 atom stereocenters. The zero-order valence-corrected chi connectivity index (χ0v) is 17.7. The van der Waals surface area contributed by atoms with Crippen LogP contribution in [0.15, 0.2) is 53.6 Å². The van der Waals surface area contributed by atoms with E-state index in [0.29, 0.717) is 11.3 Å². The second-order valence-electron chi connectivity index (χ2n) is 7.28. The highest BCUT2D eigenvalue weighted by atomic mass is 16.6. The number of nitro benzene ring substituents is 2. The van der Waals surface area contributed by atoms with E-state index in [1.165, 1.54) is 42.6 Å². The average molecular weight is 435 g/mol. The molecule has 164 valence electrons. The number of hydrogen-bond acceptors (Lipinski definition) is 6. The molecule has 0 radical (unpaired) electrons. The molecule has 10 heteroatoms. The third kappa shape index (κ3) is 4.86. The molecule has 1 aromatic heterocycles. The Bertz CT molecular complexity index is 1230. The van der Waals surface area contributed by atoms with Gasteiger partial charge < -0.3 is 4.57 Å². The Morgan fingerprint density at radius 2 is 1.62 bits per heavy atom. The van der Waals surface area contributed by atoms with Crippen LogP contribution >= 0.6 is 0 Å². The minimum Gasteiger partial charge on any atom is -0.317 e. The summed E-state index contributed by atoms with van der Waals surface area (Å²) in [6.45, 7) is 5.63. The van der Waals surface area contributed by atoms with Crippen molar-refractivity contribution >= 4 is 23.5 Å². The molecule has 0 aliphatic carbocycles. The van der Waals surface area contributed by atoms with Crippen LogP contribution in [-0.4, -0.2) is 26.5 Å². The molecule has 0 unspecified atom stereocenters. The van der Waals surface area contributed by atoms with Crippen molar-refractivity contribution in [2.75, 3.05) is 0 Å². The lowest BCUT2D eigenvalue weighted by molar-refractivity contribution is -0.385. The van der Waals surface area contributed by atoms with Gasteiger partial charge in [-0.05, 0) is 38.0 Å². The molecule has 1 amide bonds. The van der Waals surface area contributed by atoms with Crippen LogP contribution < -0.4 is 5.43 Å². The number of hydrazone groups is 1. The number of aromatic nitrogens is 1. The van der Waals surface area contributed by atoms with Crippen molar-refractivity contribution in [1.29, 1.82) is 0 Å². The zero-order chi connectivity index (χ0) is 23.4. The molecule has 0 spiro atoms. The largest absolute Gasteiger partial charge is 0.317 e. The van der Waals surface area contributed by atoms with E-state index in [1.54, 1.807) is 6.07 Å². The van der Waals surface area contributed by atoms with E-state index in [4.69, 9.17) is 0 Å². The lowest BCUT2D eigenvalue weighted by atomic mass is 10.1. The first kappa shape index (κ1) is 22.3. The van der Waals surface area contributed by atoms with Crippen molar-refractivity contribution in [3.05, 3.63) is 96.8 Å². The number of nitro groups is 2. The van der Waals surface area contributed by atoms with E-state index in [-0.39, 0.29) is 23.7 Å². The van der Waals surface area contributed by atoms with E-state index in [1.807, 2.05) is 31.4 Å². The van der Waals surface area contributed by atoms with Gasteiger partial charge in [0.1, 0.15) is 0 Å². The Morgan fingerprint density at radius 1 is 1.00 bits per heavy atom. The summed E-state index contributed by atoms with van der Waals surface area (Å²) in [5.41, 5.74) is 7.07. The smallest absolute Gasteiger partial charge is 0.271 e. The molecule has 0 bridgehead atoms. The average Bonchev–Trinajstić information content (AvgIpc) is 3.02. The highest BCUT2D eigenvalue weighted by molar-refractivity contribution is 5.85. The fraction of sp³-hybridized carbons (Fsp3) is 0.182. The fourth-order valence-corrected chi connectivity index (χ4v) is 3.38. The Hall–Kier alpha value is -4.34. The summed E-state index contributed by atoms with van der Waals surface area (Å²) >= 11 is 0. The van der Waals surface area contributed by atoms with Gasteiger partial charge in [0, 0.05) is 41.2 Å². The van der Waals surface area contributed by atoms with Crippen molar-refractivity contribution in [2.24, 2.45) is 5.10 Å². The highest BCUT2D eigenvalue weighted by Gasteiger charge is 2.15. The Morgan fingerprint density at radius 3 is 2.25 bits per heavy atom. The first-order valence-electron chi connectivity index (χ1n) is 9.67. The first-order chi connectivity index (χ1) is 15.2. The third-order valence-electron chi connectivity index (χ3n) is 5.02. The van der Waals surface area contributed by atoms with Crippen LogP contribution in [0.5, 0.6) is 0 Å². The number of hydrogen-bond donors (Lipinski definition) is 1. The van der Waals surface area contributed by atoms with Crippen molar-refractivity contribution < 1.29 is 14.6 Å². The van der Waals surface area contributed by atoms with Crippen molar-refractivity contribution in [3.8, 4) is 5.69 Å². The van der Waals surface area contributed by atoms with E-state index in [2.05, 4.69) is 10.5 Å². The monoisotopic (exact) mass is 435 g/mol. The molecule has 0 aliphatic rings. The van der Waals surface area contributed by atoms with E-state index in [0.717, 1.165) is 22.5 Å². The number of rotatable bonds is 7. The van der Waals surface area contributed by atoms with Crippen molar-refractivity contribution in [1.82, 2.24) is 9.99 Å². The molecule has 0 saturated carbocycles. The Kier molecular flexibility index (Phi) is 6.43. The summed E-state index contributed by atoms with van der Waals surface area (Å²) in [5, 5.41) is 25.9. The van der Waals surface area contributed by atoms with Gasteiger partial charge in [-0.2, -0.15) is 5.10 Å². The third-order valence-corrected chi connectivity index (χ3v) is 5.02. The SMILES string of the molecule is Cc1ccc([N+](=O)[O-])cc1-n1c(C)cc(/C=N\NC(=O)Cc2ccc([N+](=O)[O-])cc2)c1C. The van der Waals surface area contributed by atoms with Gasteiger partial charge in [-0.3, -0.25) is 25.0 Å². The van der Waals surface area contributed by atoms with Gasteiger partial charge in [0.05, 0.1) is 28.2 Å². The second kappa shape index (κ2) is 9.21. The number of aryl methyl sites for hydroxylation is 2. The Balaban J connectivity index is 1.73. The normalized spacial score (nSPS) is 11.0. The van der Waals surface area contributed by atoms with E-state index < -0.39 is 9.85 Å². The molecule has 0 aliphatic heterocycles. The standard InChI is InChI=1S/C22H21N5O5/c1-14-4-7-20(27(31)32)12-21(14)25-15(2)10-18(16(25)3)13-23-24-22(28)11-17-5-8-19(9-6-17)26(29)30/h4-10,12-13H,11H2,1-3H3,(H,24,28)/b23-13-. The van der Waals surface area contributed by atoms with Gasteiger partial charge in [0.2, 0.25) is 5.91 Å². The number of carbonyl (C=O) groups excluding carboxylic acids is 1. The maximum atomic E-state index is 12.1. The number of carbonyl (C=O) groups is 1.